The number of rotatable bonds is 8. The normalized spacial score (nSPS) is 22.1. The summed E-state index contributed by atoms with van der Waals surface area (Å²) in [4.78, 5) is 7.03. The summed E-state index contributed by atoms with van der Waals surface area (Å²) in [5, 5.41) is 13.9. The predicted octanol–water partition coefficient (Wildman–Crippen LogP) is 1.77. The monoisotopic (exact) mass is 341 g/mol. The van der Waals surface area contributed by atoms with Crippen LogP contribution < -0.4 is 5.32 Å². The minimum atomic E-state index is -0.580. The van der Waals surface area contributed by atoms with E-state index in [-0.39, 0.29) is 0 Å². The molecule has 1 heterocycles. The number of aliphatic imine (C=N–C) groups is 1. The number of methoxy groups -OCH3 is 1. The van der Waals surface area contributed by atoms with E-state index in [0.717, 1.165) is 83.8 Å². The molecule has 140 valence electrons. The summed E-state index contributed by atoms with van der Waals surface area (Å²) in [6.45, 7) is 6.91. The third-order valence-electron chi connectivity index (χ3n) is 4.98. The molecule has 6 heteroatoms. The van der Waals surface area contributed by atoms with Gasteiger partial charge < -0.3 is 24.8 Å². The van der Waals surface area contributed by atoms with Gasteiger partial charge in [0.25, 0.3) is 0 Å². The van der Waals surface area contributed by atoms with Crippen LogP contribution in [0.25, 0.3) is 0 Å². The van der Waals surface area contributed by atoms with Gasteiger partial charge in [-0.25, -0.2) is 0 Å². The van der Waals surface area contributed by atoms with E-state index in [1.807, 2.05) is 0 Å². The van der Waals surface area contributed by atoms with Crippen molar-refractivity contribution in [3.63, 3.8) is 0 Å². The first-order valence-corrected chi connectivity index (χ1v) is 9.53. The SMILES string of the molecule is CCNC(=NCC1(O)CCCC1)N1CCC(OCCCOC)CC1. The maximum Gasteiger partial charge on any atom is 0.194 e. The molecular formula is C18H35N3O3. The highest BCUT2D eigenvalue weighted by Crippen LogP contribution is 2.29. The van der Waals surface area contributed by atoms with Gasteiger partial charge in [-0.05, 0) is 39.0 Å². The number of nitrogens with zero attached hydrogens (tertiary/aromatic N) is 2. The molecule has 1 saturated carbocycles. The molecule has 2 fully saturated rings. The van der Waals surface area contributed by atoms with Crippen molar-refractivity contribution in [3.05, 3.63) is 0 Å². The van der Waals surface area contributed by atoms with Crippen LogP contribution in [0.5, 0.6) is 0 Å². The van der Waals surface area contributed by atoms with Crippen LogP contribution in [-0.2, 0) is 9.47 Å². The number of piperidine rings is 1. The molecular weight excluding hydrogens is 306 g/mol. The predicted molar refractivity (Wildman–Crippen MR) is 96.4 cm³/mol. The van der Waals surface area contributed by atoms with Crippen LogP contribution in [0.3, 0.4) is 0 Å². The zero-order chi connectivity index (χ0) is 17.3. The molecule has 0 amide bonds. The number of aliphatic hydroxyl groups is 1. The molecule has 6 nitrogen and oxygen atoms in total. The fourth-order valence-electron chi connectivity index (χ4n) is 3.53. The van der Waals surface area contributed by atoms with Crippen molar-refractivity contribution in [3.8, 4) is 0 Å². The van der Waals surface area contributed by atoms with Gasteiger partial charge in [-0.15, -0.1) is 0 Å². The second-order valence-electron chi connectivity index (χ2n) is 7.01. The average molecular weight is 341 g/mol. The van der Waals surface area contributed by atoms with Crippen molar-refractivity contribution in [2.45, 2.75) is 63.6 Å². The molecule has 0 spiro atoms. The van der Waals surface area contributed by atoms with E-state index >= 15 is 0 Å². The third kappa shape index (κ3) is 6.22. The third-order valence-corrected chi connectivity index (χ3v) is 4.98. The van der Waals surface area contributed by atoms with Gasteiger partial charge in [0.2, 0.25) is 0 Å². The summed E-state index contributed by atoms with van der Waals surface area (Å²) in [7, 11) is 1.72. The highest BCUT2D eigenvalue weighted by molar-refractivity contribution is 5.80. The molecule has 1 saturated heterocycles. The molecule has 0 bridgehead atoms. The fraction of sp³-hybridized carbons (Fsp3) is 0.944. The largest absolute Gasteiger partial charge is 0.388 e. The van der Waals surface area contributed by atoms with Crippen molar-refractivity contribution in [2.24, 2.45) is 4.99 Å². The number of hydrogen-bond acceptors (Lipinski definition) is 4. The van der Waals surface area contributed by atoms with E-state index < -0.39 is 5.60 Å². The van der Waals surface area contributed by atoms with Gasteiger partial charge in [0.15, 0.2) is 5.96 Å². The summed E-state index contributed by atoms with van der Waals surface area (Å²) in [5.74, 6) is 0.940. The lowest BCUT2D eigenvalue weighted by Gasteiger charge is -2.34. The molecule has 0 aromatic rings. The second-order valence-corrected chi connectivity index (χ2v) is 7.01. The van der Waals surface area contributed by atoms with Crippen LogP contribution >= 0.6 is 0 Å². The quantitative estimate of drug-likeness (QED) is 0.400. The molecule has 0 unspecified atom stereocenters. The second kappa shape index (κ2) is 10.2. The lowest BCUT2D eigenvalue weighted by molar-refractivity contribution is 0.00968. The number of likely N-dealkylation sites (tertiary alicyclic amines) is 1. The molecule has 0 radical (unpaired) electrons. The van der Waals surface area contributed by atoms with E-state index in [2.05, 4.69) is 17.1 Å². The first kappa shape index (κ1) is 19.5. The van der Waals surface area contributed by atoms with Gasteiger partial charge in [-0.2, -0.15) is 0 Å². The standard InChI is InChI=1S/C18H35N3O3/c1-3-19-17(20-15-18(22)9-4-5-10-18)21-11-7-16(8-12-21)24-14-6-13-23-2/h16,22H,3-15H2,1-2H3,(H,19,20). The van der Waals surface area contributed by atoms with Crippen LogP contribution in [0.2, 0.25) is 0 Å². The van der Waals surface area contributed by atoms with Crippen molar-refractivity contribution in [2.75, 3.05) is 46.5 Å². The highest BCUT2D eigenvalue weighted by atomic mass is 16.5. The van der Waals surface area contributed by atoms with Gasteiger partial charge in [-0.3, -0.25) is 4.99 Å². The summed E-state index contributed by atoms with van der Waals surface area (Å²) >= 11 is 0. The van der Waals surface area contributed by atoms with E-state index in [4.69, 9.17) is 14.5 Å². The van der Waals surface area contributed by atoms with Crippen LogP contribution in [0, 0.1) is 0 Å². The zero-order valence-electron chi connectivity index (χ0n) is 15.4. The Morgan fingerprint density at radius 2 is 1.96 bits per heavy atom. The first-order chi connectivity index (χ1) is 11.7. The molecule has 0 aromatic heterocycles. The number of hydrogen-bond donors (Lipinski definition) is 2. The first-order valence-electron chi connectivity index (χ1n) is 9.53. The molecule has 0 aromatic carbocycles. The molecule has 0 atom stereocenters. The number of ether oxygens (including phenoxy) is 2. The van der Waals surface area contributed by atoms with Crippen molar-refractivity contribution in [1.29, 1.82) is 0 Å². The fourth-order valence-corrected chi connectivity index (χ4v) is 3.53. The van der Waals surface area contributed by atoms with Crippen molar-refractivity contribution >= 4 is 5.96 Å². The van der Waals surface area contributed by atoms with Crippen LogP contribution in [-0.4, -0.2) is 74.2 Å². The van der Waals surface area contributed by atoms with Gasteiger partial charge >= 0.3 is 0 Å². The zero-order valence-corrected chi connectivity index (χ0v) is 15.4. The van der Waals surface area contributed by atoms with Crippen LogP contribution in [0.15, 0.2) is 4.99 Å². The topological polar surface area (TPSA) is 66.3 Å². The van der Waals surface area contributed by atoms with Crippen LogP contribution in [0.4, 0.5) is 0 Å². The lowest BCUT2D eigenvalue weighted by Crippen LogP contribution is -2.47. The minimum absolute atomic E-state index is 0.347. The molecule has 2 N–H and O–H groups in total. The molecule has 1 aliphatic carbocycles. The van der Waals surface area contributed by atoms with Crippen molar-refractivity contribution in [1.82, 2.24) is 10.2 Å². The number of guanidine groups is 1. The Hall–Kier alpha value is -0.850. The Kier molecular flexibility index (Phi) is 8.29. The lowest BCUT2D eigenvalue weighted by atomic mass is 10.0. The van der Waals surface area contributed by atoms with E-state index in [1.165, 1.54) is 0 Å². The molecule has 2 aliphatic rings. The Morgan fingerprint density at radius 3 is 2.58 bits per heavy atom. The summed E-state index contributed by atoms with van der Waals surface area (Å²) < 4.78 is 11.0. The van der Waals surface area contributed by atoms with E-state index in [9.17, 15) is 5.11 Å². The molecule has 1 aliphatic heterocycles. The minimum Gasteiger partial charge on any atom is -0.388 e. The van der Waals surface area contributed by atoms with Crippen LogP contribution in [0.1, 0.15) is 51.9 Å². The summed E-state index contributed by atoms with van der Waals surface area (Å²) in [6, 6.07) is 0. The van der Waals surface area contributed by atoms with Gasteiger partial charge in [0, 0.05) is 40.0 Å². The molecule has 24 heavy (non-hydrogen) atoms. The van der Waals surface area contributed by atoms with E-state index in [1.54, 1.807) is 7.11 Å². The molecule has 2 rings (SSSR count). The van der Waals surface area contributed by atoms with Gasteiger partial charge in [0.05, 0.1) is 18.2 Å². The maximum atomic E-state index is 10.5. The number of nitrogens with one attached hydrogen (secondary N) is 1. The Bertz CT molecular complexity index is 376. The summed E-state index contributed by atoms with van der Waals surface area (Å²) in [6.07, 6.45) is 7.37. The van der Waals surface area contributed by atoms with Crippen molar-refractivity contribution < 1.29 is 14.6 Å². The Labute approximate surface area is 146 Å². The summed E-state index contributed by atoms with van der Waals surface area (Å²) in [5.41, 5.74) is -0.580. The Balaban J connectivity index is 1.77. The van der Waals surface area contributed by atoms with Gasteiger partial charge in [0.1, 0.15) is 0 Å². The maximum absolute atomic E-state index is 10.5. The Morgan fingerprint density at radius 1 is 1.25 bits per heavy atom. The van der Waals surface area contributed by atoms with Gasteiger partial charge in [-0.1, -0.05) is 12.8 Å². The van der Waals surface area contributed by atoms with E-state index in [0.29, 0.717) is 12.6 Å². The smallest absolute Gasteiger partial charge is 0.194 e. The average Bonchev–Trinajstić information content (AvgIpc) is 3.03. The highest BCUT2D eigenvalue weighted by Gasteiger charge is 2.31.